The average Bonchev–Trinajstić information content (AvgIpc) is 2.92. The van der Waals surface area contributed by atoms with Gasteiger partial charge in [0.15, 0.2) is 5.78 Å². The second-order valence-corrected chi connectivity index (χ2v) is 4.91. The molecule has 1 aliphatic carbocycles. The van der Waals surface area contributed by atoms with E-state index in [4.69, 9.17) is 0 Å². The molecule has 0 spiro atoms. The Bertz CT molecular complexity index is 586. The van der Waals surface area contributed by atoms with Crippen LogP contribution in [-0.4, -0.2) is 15.6 Å². The number of carbonyl (C=O) groups is 1. The van der Waals surface area contributed by atoms with Crippen molar-refractivity contribution < 1.29 is 4.79 Å². The minimum Gasteiger partial charge on any atom is -0.294 e. The number of fused-ring (bicyclic) bond motifs is 1. The summed E-state index contributed by atoms with van der Waals surface area (Å²) in [5.74, 6) is 0.463. The number of carbonyl (C=O) groups excluding carboxylic acids is 1. The van der Waals surface area contributed by atoms with Crippen LogP contribution >= 0.6 is 0 Å². The number of nitrogens with zero attached hydrogens (tertiary/aromatic N) is 2. The monoisotopic (exact) mass is 240 g/mol. The maximum Gasteiger partial charge on any atom is 0.166 e. The number of aromatic nitrogens is 2. The number of aryl methyl sites for hydroxylation is 2. The molecule has 0 fully saturated rings. The van der Waals surface area contributed by atoms with Crippen LogP contribution in [0.25, 0.3) is 0 Å². The minimum absolute atomic E-state index is 0.150. The first kappa shape index (κ1) is 11.2. The van der Waals surface area contributed by atoms with E-state index < -0.39 is 0 Å². The summed E-state index contributed by atoms with van der Waals surface area (Å²) < 4.78 is 1.88. The fourth-order valence-corrected chi connectivity index (χ4v) is 2.72. The molecule has 1 aromatic heterocycles. The third-order valence-corrected chi connectivity index (χ3v) is 3.79. The van der Waals surface area contributed by atoms with Gasteiger partial charge in [0.2, 0.25) is 0 Å². The molecule has 2 aromatic rings. The second kappa shape index (κ2) is 4.41. The molecule has 18 heavy (non-hydrogen) atoms. The zero-order valence-corrected chi connectivity index (χ0v) is 10.5. The summed E-state index contributed by atoms with van der Waals surface area (Å²) in [6.07, 6.45) is 4.53. The van der Waals surface area contributed by atoms with Gasteiger partial charge < -0.3 is 0 Å². The van der Waals surface area contributed by atoms with Crippen LogP contribution in [-0.2, 0) is 19.9 Å². The smallest absolute Gasteiger partial charge is 0.166 e. The van der Waals surface area contributed by atoms with Crippen molar-refractivity contribution >= 4 is 5.78 Å². The van der Waals surface area contributed by atoms with Crippen molar-refractivity contribution in [3.05, 3.63) is 53.3 Å². The van der Waals surface area contributed by atoms with Crippen LogP contribution in [0.5, 0.6) is 0 Å². The fourth-order valence-electron chi connectivity index (χ4n) is 2.72. The average molecular weight is 240 g/mol. The van der Waals surface area contributed by atoms with Gasteiger partial charge in [-0.05, 0) is 30.9 Å². The molecule has 0 saturated heterocycles. The molecule has 1 unspecified atom stereocenters. The summed E-state index contributed by atoms with van der Waals surface area (Å²) in [5.41, 5.74) is 3.32. The Labute approximate surface area is 106 Å². The normalized spacial score (nSPS) is 18.1. The molecule has 0 amide bonds. The number of rotatable bonds is 3. The number of benzene rings is 1. The molecule has 3 nitrogen and oxygen atoms in total. The standard InChI is InChI=1S/C15H16N2O/c1-17-13(8-9-16-17)7-6-12-10-11-4-2-3-5-14(11)15(12)18/h2-5,8-9,12H,6-7,10H2,1H3. The summed E-state index contributed by atoms with van der Waals surface area (Å²) in [7, 11) is 1.94. The molecule has 0 aliphatic heterocycles. The molecule has 0 radical (unpaired) electrons. The Kier molecular flexibility index (Phi) is 2.74. The number of ketones is 1. The Morgan fingerprint density at radius 2 is 2.17 bits per heavy atom. The lowest BCUT2D eigenvalue weighted by molar-refractivity contribution is 0.0931. The van der Waals surface area contributed by atoms with E-state index in [0.717, 1.165) is 24.8 Å². The van der Waals surface area contributed by atoms with Crippen LogP contribution in [0.15, 0.2) is 36.5 Å². The highest BCUT2D eigenvalue weighted by Crippen LogP contribution is 2.29. The molecule has 3 heteroatoms. The Balaban J connectivity index is 1.70. The topological polar surface area (TPSA) is 34.9 Å². The first-order valence-electron chi connectivity index (χ1n) is 6.34. The molecular formula is C15H16N2O. The number of hydrogen-bond donors (Lipinski definition) is 0. The highest BCUT2D eigenvalue weighted by Gasteiger charge is 2.29. The van der Waals surface area contributed by atoms with Crippen LogP contribution in [0, 0.1) is 5.92 Å². The van der Waals surface area contributed by atoms with Crippen molar-refractivity contribution in [3.63, 3.8) is 0 Å². The first-order chi connectivity index (χ1) is 8.75. The van der Waals surface area contributed by atoms with E-state index in [1.54, 1.807) is 6.20 Å². The molecule has 3 rings (SSSR count). The molecule has 0 saturated carbocycles. The minimum atomic E-state index is 0.150. The Hall–Kier alpha value is -1.90. The van der Waals surface area contributed by atoms with Crippen molar-refractivity contribution in [1.29, 1.82) is 0 Å². The van der Waals surface area contributed by atoms with Crippen molar-refractivity contribution in [2.45, 2.75) is 19.3 Å². The van der Waals surface area contributed by atoms with Gasteiger partial charge in [0.25, 0.3) is 0 Å². The SMILES string of the molecule is Cn1nccc1CCC1Cc2ccccc2C1=O. The van der Waals surface area contributed by atoms with Gasteiger partial charge in [-0.2, -0.15) is 5.10 Å². The summed E-state index contributed by atoms with van der Waals surface area (Å²) in [5, 5.41) is 4.15. The second-order valence-electron chi connectivity index (χ2n) is 4.91. The van der Waals surface area contributed by atoms with Gasteiger partial charge in [-0.3, -0.25) is 9.48 Å². The molecule has 0 N–H and O–H groups in total. The summed E-state index contributed by atoms with van der Waals surface area (Å²) in [6.45, 7) is 0. The van der Waals surface area contributed by atoms with Crippen LogP contribution in [0.4, 0.5) is 0 Å². The van der Waals surface area contributed by atoms with E-state index in [-0.39, 0.29) is 5.92 Å². The van der Waals surface area contributed by atoms with Gasteiger partial charge in [-0.15, -0.1) is 0 Å². The van der Waals surface area contributed by atoms with Gasteiger partial charge in [0.1, 0.15) is 0 Å². The van der Waals surface area contributed by atoms with E-state index in [9.17, 15) is 4.79 Å². The van der Waals surface area contributed by atoms with Crippen molar-refractivity contribution in [2.75, 3.05) is 0 Å². The molecule has 1 aliphatic rings. The van der Waals surface area contributed by atoms with Crippen molar-refractivity contribution in [2.24, 2.45) is 13.0 Å². The highest BCUT2D eigenvalue weighted by atomic mass is 16.1. The number of Topliss-reactive ketones (excluding diaryl/α,β-unsaturated/α-hetero) is 1. The number of hydrogen-bond acceptors (Lipinski definition) is 2. The largest absolute Gasteiger partial charge is 0.294 e. The molecule has 1 atom stereocenters. The maximum atomic E-state index is 12.2. The van der Waals surface area contributed by atoms with E-state index in [2.05, 4.69) is 11.2 Å². The first-order valence-corrected chi connectivity index (χ1v) is 6.34. The van der Waals surface area contributed by atoms with E-state index in [1.807, 2.05) is 36.0 Å². The third kappa shape index (κ3) is 1.86. The van der Waals surface area contributed by atoms with Gasteiger partial charge in [-0.25, -0.2) is 0 Å². The molecule has 1 aromatic carbocycles. The molecular weight excluding hydrogens is 224 g/mol. The van der Waals surface area contributed by atoms with Crippen LogP contribution in [0.2, 0.25) is 0 Å². The van der Waals surface area contributed by atoms with E-state index >= 15 is 0 Å². The predicted octanol–water partition coefficient (Wildman–Crippen LogP) is 2.41. The quantitative estimate of drug-likeness (QED) is 0.825. The Morgan fingerprint density at radius 3 is 2.89 bits per heavy atom. The van der Waals surface area contributed by atoms with Crippen LogP contribution in [0.3, 0.4) is 0 Å². The van der Waals surface area contributed by atoms with Crippen LogP contribution in [0.1, 0.15) is 28.0 Å². The van der Waals surface area contributed by atoms with Gasteiger partial charge in [0, 0.05) is 30.4 Å². The Morgan fingerprint density at radius 1 is 1.33 bits per heavy atom. The lowest BCUT2D eigenvalue weighted by Crippen LogP contribution is -2.11. The van der Waals surface area contributed by atoms with Crippen molar-refractivity contribution in [1.82, 2.24) is 9.78 Å². The maximum absolute atomic E-state index is 12.2. The molecule has 92 valence electrons. The lowest BCUT2D eigenvalue weighted by Gasteiger charge is -2.07. The lowest BCUT2D eigenvalue weighted by atomic mass is 9.98. The van der Waals surface area contributed by atoms with Gasteiger partial charge in [-0.1, -0.05) is 24.3 Å². The zero-order valence-electron chi connectivity index (χ0n) is 10.5. The molecule has 0 bridgehead atoms. The summed E-state index contributed by atoms with van der Waals surface area (Å²) in [6, 6.07) is 9.99. The van der Waals surface area contributed by atoms with Gasteiger partial charge in [0.05, 0.1) is 0 Å². The van der Waals surface area contributed by atoms with E-state index in [1.165, 1.54) is 11.3 Å². The summed E-state index contributed by atoms with van der Waals surface area (Å²) >= 11 is 0. The fraction of sp³-hybridized carbons (Fsp3) is 0.333. The highest BCUT2D eigenvalue weighted by molar-refractivity contribution is 6.02. The van der Waals surface area contributed by atoms with Crippen LogP contribution < -0.4 is 0 Å². The predicted molar refractivity (Wildman–Crippen MR) is 69.5 cm³/mol. The third-order valence-electron chi connectivity index (χ3n) is 3.79. The van der Waals surface area contributed by atoms with Crippen molar-refractivity contribution in [3.8, 4) is 0 Å². The van der Waals surface area contributed by atoms with Gasteiger partial charge >= 0.3 is 0 Å². The molecule has 1 heterocycles. The summed E-state index contributed by atoms with van der Waals surface area (Å²) in [4.78, 5) is 12.2. The van der Waals surface area contributed by atoms with E-state index in [0.29, 0.717) is 5.78 Å². The zero-order chi connectivity index (χ0) is 12.5.